The molecule has 0 aliphatic heterocycles. The van der Waals surface area contributed by atoms with Gasteiger partial charge in [-0.2, -0.15) is 0 Å². The molecule has 0 radical (unpaired) electrons. The van der Waals surface area contributed by atoms with Gasteiger partial charge in [0, 0.05) is 23.5 Å². The molecule has 0 bridgehead atoms. The zero-order valence-electron chi connectivity index (χ0n) is 6.49. The van der Waals surface area contributed by atoms with Crippen molar-refractivity contribution in [3.8, 4) is 0 Å². The molecule has 0 saturated heterocycles. The number of hydrogen-bond acceptors (Lipinski definition) is 4. The number of nitrogens with two attached hydrogens (primary N) is 1. The smallest absolute Gasteiger partial charge is 0.209 e. The van der Waals surface area contributed by atoms with Crippen molar-refractivity contribution in [2.24, 2.45) is 10.7 Å². The molecular formula is C7H8BrN3S. The van der Waals surface area contributed by atoms with E-state index in [9.17, 15) is 0 Å². The standard InChI is InChI=1S/C7H8BrN3S/c1-5(9)6(8)4-11-7-10-2-3-12-7/h2-4H,9H2,1H3. The molecule has 1 aromatic rings. The third kappa shape index (κ3) is 2.75. The van der Waals surface area contributed by atoms with Crippen molar-refractivity contribution in [3.63, 3.8) is 0 Å². The Morgan fingerprint density at radius 2 is 2.58 bits per heavy atom. The molecule has 0 saturated carbocycles. The van der Waals surface area contributed by atoms with Crippen LogP contribution in [-0.4, -0.2) is 11.2 Å². The maximum Gasteiger partial charge on any atom is 0.209 e. The molecule has 0 fully saturated rings. The molecular weight excluding hydrogens is 238 g/mol. The lowest BCUT2D eigenvalue weighted by atomic mass is 10.5. The number of aliphatic imine (C=N–C) groups is 1. The average Bonchev–Trinajstić information content (AvgIpc) is 2.51. The zero-order chi connectivity index (χ0) is 8.97. The molecule has 0 spiro atoms. The Morgan fingerprint density at radius 3 is 3.08 bits per heavy atom. The molecule has 0 aliphatic carbocycles. The first kappa shape index (κ1) is 9.41. The summed E-state index contributed by atoms with van der Waals surface area (Å²) >= 11 is 4.75. The van der Waals surface area contributed by atoms with E-state index < -0.39 is 0 Å². The number of nitrogens with zero attached hydrogens (tertiary/aromatic N) is 2. The number of rotatable bonds is 2. The van der Waals surface area contributed by atoms with Crippen molar-refractivity contribution >= 4 is 38.6 Å². The summed E-state index contributed by atoms with van der Waals surface area (Å²) in [5.74, 6) is 0. The van der Waals surface area contributed by atoms with Gasteiger partial charge in [0.2, 0.25) is 5.13 Å². The van der Waals surface area contributed by atoms with Crippen LogP contribution in [0.3, 0.4) is 0 Å². The Morgan fingerprint density at radius 1 is 1.83 bits per heavy atom. The molecule has 0 aromatic carbocycles. The fourth-order valence-electron chi connectivity index (χ4n) is 0.493. The van der Waals surface area contributed by atoms with E-state index in [1.165, 1.54) is 11.3 Å². The molecule has 64 valence electrons. The summed E-state index contributed by atoms with van der Waals surface area (Å²) < 4.78 is 0.790. The van der Waals surface area contributed by atoms with Crippen LogP contribution in [0.25, 0.3) is 0 Å². The summed E-state index contributed by atoms with van der Waals surface area (Å²) in [4.78, 5) is 8.07. The van der Waals surface area contributed by atoms with Crippen LogP contribution in [0.1, 0.15) is 6.92 Å². The Kier molecular flexibility index (Phi) is 3.43. The van der Waals surface area contributed by atoms with Crippen LogP contribution in [0, 0.1) is 0 Å². The number of thiazole rings is 1. The first-order valence-electron chi connectivity index (χ1n) is 3.25. The Hall–Kier alpha value is -0.680. The number of halogens is 1. The second kappa shape index (κ2) is 4.37. The number of hydrogen-bond donors (Lipinski definition) is 1. The van der Waals surface area contributed by atoms with Crippen LogP contribution in [0.4, 0.5) is 5.13 Å². The van der Waals surface area contributed by atoms with Crippen LogP contribution < -0.4 is 5.73 Å². The van der Waals surface area contributed by atoms with E-state index in [2.05, 4.69) is 25.9 Å². The van der Waals surface area contributed by atoms with Crippen LogP contribution in [-0.2, 0) is 0 Å². The van der Waals surface area contributed by atoms with Crippen LogP contribution in [0.15, 0.2) is 26.7 Å². The van der Waals surface area contributed by atoms with Crippen molar-refractivity contribution in [3.05, 3.63) is 21.8 Å². The van der Waals surface area contributed by atoms with Crippen molar-refractivity contribution in [2.45, 2.75) is 6.92 Å². The molecule has 2 N–H and O–H groups in total. The summed E-state index contributed by atoms with van der Waals surface area (Å²) in [5, 5.41) is 2.60. The number of aromatic nitrogens is 1. The van der Waals surface area contributed by atoms with Gasteiger partial charge in [0.25, 0.3) is 0 Å². The van der Waals surface area contributed by atoms with E-state index in [4.69, 9.17) is 5.73 Å². The fraction of sp³-hybridized carbons (Fsp3) is 0.143. The topological polar surface area (TPSA) is 51.3 Å². The average molecular weight is 246 g/mol. The van der Waals surface area contributed by atoms with E-state index in [0.29, 0.717) is 5.70 Å². The van der Waals surface area contributed by atoms with Gasteiger partial charge in [-0.3, -0.25) is 0 Å². The van der Waals surface area contributed by atoms with E-state index >= 15 is 0 Å². The third-order valence-corrected chi connectivity index (χ3v) is 2.59. The summed E-state index contributed by atoms with van der Waals surface area (Å²) in [6.45, 7) is 1.80. The second-order valence-electron chi connectivity index (χ2n) is 2.10. The Labute approximate surface area is 83.2 Å². The van der Waals surface area contributed by atoms with Crippen LogP contribution in [0.2, 0.25) is 0 Å². The highest BCUT2D eigenvalue weighted by molar-refractivity contribution is 9.12. The summed E-state index contributed by atoms with van der Waals surface area (Å²) in [6.07, 6.45) is 3.36. The van der Waals surface area contributed by atoms with Gasteiger partial charge < -0.3 is 5.73 Å². The van der Waals surface area contributed by atoms with Gasteiger partial charge in [-0.25, -0.2) is 9.98 Å². The van der Waals surface area contributed by atoms with E-state index in [1.807, 2.05) is 5.38 Å². The molecule has 5 heteroatoms. The third-order valence-electron chi connectivity index (χ3n) is 1.08. The zero-order valence-corrected chi connectivity index (χ0v) is 8.89. The first-order valence-corrected chi connectivity index (χ1v) is 4.93. The van der Waals surface area contributed by atoms with Gasteiger partial charge in [-0.1, -0.05) is 0 Å². The number of allylic oxidation sites excluding steroid dienone is 2. The second-order valence-corrected chi connectivity index (χ2v) is 3.83. The normalized spacial score (nSPS) is 13.5. The molecule has 1 rings (SSSR count). The van der Waals surface area contributed by atoms with Crippen LogP contribution >= 0.6 is 27.3 Å². The minimum atomic E-state index is 0.704. The Bertz CT molecular complexity index is 298. The first-order chi connectivity index (χ1) is 5.70. The molecule has 0 atom stereocenters. The summed E-state index contributed by atoms with van der Waals surface area (Å²) in [7, 11) is 0. The maximum absolute atomic E-state index is 5.50. The van der Waals surface area contributed by atoms with Gasteiger partial charge in [0.15, 0.2) is 0 Å². The minimum absolute atomic E-state index is 0.704. The van der Waals surface area contributed by atoms with Crippen molar-refractivity contribution < 1.29 is 0 Å². The fourth-order valence-corrected chi connectivity index (χ4v) is 1.07. The highest BCUT2D eigenvalue weighted by Crippen LogP contribution is 2.15. The molecule has 1 aromatic heterocycles. The highest BCUT2D eigenvalue weighted by Gasteiger charge is 1.91. The SMILES string of the molecule is CC(N)=C(Br)C=Nc1nccs1. The summed E-state index contributed by atoms with van der Waals surface area (Å²) in [5.41, 5.74) is 6.20. The predicted octanol–water partition coefficient (Wildman–Crippen LogP) is 2.43. The predicted molar refractivity (Wildman–Crippen MR) is 56.1 cm³/mol. The minimum Gasteiger partial charge on any atom is -0.401 e. The van der Waals surface area contributed by atoms with Crippen LogP contribution in [0.5, 0.6) is 0 Å². The van der Waals surface area contributed by atoms with Gasteiger partial charge >= 0.3 is 0 Å². The van der Waals surface area contributed by atoms with Crippen molar-refractivity contribution in [1.82, 2.24) is 4.98 Å². The van der Waals surface area contributed by atoms with Gasteiger partial charge in [0.05, 0.1) is 4.48 Å². The van der Waals surface area contributed by atoms with Gasteiger partial charge in [-0.05, 0) is 22.9 Å². The van der Waals surface area contributed by atoms with Crippen molar-refractivity contribution in [1.29, 1.82) is 0 Å². The lowest BCUT2D eigenvalue weighted by Gasteiger charge is -1.90. The van der Waals surface area contributed by atoms with Gasteiger partial charge in [-0.15, -0.1) is 11.3 Å². The molecule has 0 unspecified atom stereocenters. The quantitative estimate of drug-likeness (QED) is 0.814. The molecule has 0 amide bonds. The maximum atomic E-state index is 5.50. The summed E-state index contributed by atoms with van der Waals surface area (Å²) in [6, 6.07) is 0. The molecule has 0 aliphatic rings. The molecule has 12 heavy (non-hydrogen) atoms. The molecule has 1 heterocycles. The van der Waals surface area contributed by atoms with Crippen molar-refractivity contribution in [2.75, 3.05) is 0 Å². The lowest BCUT2D eigenvalue weighted by Crippen LogP contribution is -1.93. The Balaban J connectivity index is 2.70. The van der Waals surface area contributed by atoms with E-state index in [-0.39, 0.29) is 0 Å². The van der Waals surface area contributed by atoms with E-state index in [0.717, 1.165) is 9.61 Å². The highest BCUT2D eigenvalue weighted by atomic mass is 79.9. The van der Waals surface area contributed by atoms with Gasteiger partial charge in [0.1, 0.15) is 0 Å². The lowest BCUT2D eigenvalue weighted by molar-refractivity contribution is 1.31. The largest absolute Gasteiger partial charge is 0.401 e. The van der Waals surface area contributed by atoms with E-state index in [1.54, 1.807) is 19.3 Å². The molecule has 3 nitrogen and oxygen atoms in total. The monoisotopic (exact) mass is 245 g/mol.